The highest BCUT2D eigenvalue weighted by atomic mass is 15.4. The number of rotatable bonds is 0. The van der Waals surface area contributed by atoms with Crippen molar-refractivity contribution in [1.29, 1.82) is 0 Å². The molecule has 2 fully saturated rings. The average molecular weight is 110 g/mol. The Kier molecular flexibility index (Phi) is 0.678. The fraction of sp³-hybridized carbons (Fsp3) is 0.833. The molecule has 0 saturated carbocycles. The third-order valence-corrected chi connectivity index (χ3v) is 2.01. The van der Waals surface area contributed by atoms with E-state index in [1.807, 2.05) is 7.05 Å². The lowest BCUT2D eigenvalue weighted by Gasteiger charge is -1.88. The molecule has 0 amide bonds. The number of fused-ring (bicyclic) bond motifs is 1. The maximum Gasteiger partial charge on any atom is 0.122 e. The molecule has 1 unspecified atom stereocenters. The molecule has 0 N–H and O–H groups in total. The summed E-state index contributed by atoms with van der Waals surface area (Å²) < 4.78 is 0. The summed E-state index contributed by atoms with van der Waals surface area (Å²) in [5.74, 6) is 1.34. The van der Waals surface area contributed by atoms with Gasteiger partial charge in [-0.15, -0.1) is 0 Å². The van der Waals surface area contributed by atoms with E-state index in [1.165, 1.54) is 25.2 Å². The Morgan fingerprint density at radius 1 is 1.75 bits per heavy atom. The van der Waals surface area contributed by atoms with Crippen molar-refractivity contribution < 1.29 is 0 Å². The molecule has 0 aliphatic carbocycles. The minimum atomic E-state index is 0.778. The molecule has 2 aliphatic rings. The van der Waals surface area contributed by atoms with Crippen LogP contribution < -0.4 is 0 Å². The zero-order valence-corrected chi connectivity index (χ0v) is 5.09. The predicted molar refractivity (Wildman–Crippen MR) is 33.1 cm³/mol. The number of hydrogen-bond acceptors (Lipinski definition) is 1. The summed E-state index contributed by atoms with van der Waals surface area (Å²) in [6.45, 7) is 1.26. The van der Waals surface area contributed by atoms with E-state index in [1.54, 1.807) is 0 Å². The molecule has 2 heterocycles. The van der Waals surface area contributed by atoms with Crippen molar-refractivity contribution in [3.63, 3.8) is 0 Å². The van der Waals surface area contributed by atoms with Crippen LogP contribution in [0.1, 0.15) is 12.8 Å². The van der Waals surface area contributed by atoms with Gasteiger partial charge in [0, 0.05) is 13.6 Å². The van der Waals surface area contributed by atoms with Crippen molar-refractivity contribution in [3.8, 4) is 0 Å². The van der Waals surface area contributed by atoms with Crippen LogP contribution in [0.25, 0.3) is 0 Å². The Morgan fingerprint density at radius 2 is 2.62 bits per heavy atom. The smallest absolute Gasteiger partial charge is 0.122 e. The van der Waals surface area contributed by atoms with Crippen molar-refractivity contribution in [1.82, 2.24) is 4.90 Å². The van der Waals surface area contributed by atoms with E-state index in [2.05, 4.69) is 9.89 Å². The highest BCUT2D eigenvalue weighted by Crippen LogP contribution is 2.32. The van der Waals surface area contributed by atoms with E-state index in [9.17, 15) is 0 Å². The minimum Gasteiger partial charge on any atom is -0.348 e. The summed E-state index contributed by atoms with van der Waals surface area (Å²) in [5.41, 5.74) is 0. The summed E-state index contributed by atoms with van der Waals surface area (Å²) >= 11 is 0. The molecular weight excluding hydrogens is 100 g/mol. The normalized spacial score (nSPS) is 38.4. The van der Waals surface area contributed by atoms with Gasteiger partial charge in [0.05, 0.1) is 6.04 Å². The summed E-state index contributed by atoms with van der Waals surface area (Å²) in [6.07, 6.45) is 2.73. The van der Waals surface area contributed by atoms with Crippen molar-refractivity contribution in [3.05, 3.63) is 0 Å². The molecule has 1 atom stereocenters. The number of nitrogens with zero attached hydrogens (tertiary/aromatic N) is 2. The van der Waals surface area contributed by atoms with Gasteiger partial charge in [0.15, 0.2) is 0 Å². The molecule has 0 aromatic carbocycles. The first-order chi connectivity index (χ1) is 3.93. The van der Waals surface area contributed by atoms with Crippen LogP contribution in [0.3, 0.4) is 0 Å². The molecule has 2 saturated heterocycles. The predicted octanol–water partition coefficient (Wildman–Crippen LogP) is 0.493. The maximum absolute atomic E-state index is 4.13. The summed E-state index contributed by atoms with van der Waals surface area (Å²) in [6, 6.07) is 0.778. The molecule has 2 nitrogen and oxygen atoms in total. The molecule has 0 bridgehead atoms. The zero-order valence-electron chi connectivity index (χ0n) is 5.09. The zero-order chi connectivity index (χ0) is 5.56. The summed E-state index contributed by atoms with van der Waals surface area (Å²) in [5, 5.41) is 0. The van der Waals surface area contributed by atoms with Gasteiger partial charge in [-0.2, -0.15) is 0 Å². The molecule has 44 valence electrons. The van der Waals surface area contributed by atoms with Crippen LogP contribution in [-0.2, 0) is 0 Å². The standard InChI is InChI=1S/C6H10N2/c1-7-6-5-3-2-4-8(5)6/h5H,2-4H2,1H3. The van der Waals surface area contributed by atoms with Crippen LogP contribution >= 0.6 is 0 Å². The molecule has 0 radical (unpaired) electrons. The lowest BCUT2D eigenvalue weighted by atomic mass is 10.3. The van der Waals surface area contributed by atoms with E-state index in [-0.39, 0.29) is 0 Å². The number of piperidine rings is 1. The Labute approximate surface area is 49.2 Å². The Morgan fingerprint density at radius 3 is 3.00 bits per heavy atom. The molecule has 0 aromatic heterocycles. The largest absolute Gasteiger partial charge is 0.348 e. The first-order valence-corrected chi connectivity index (χ1v) is 3.17. The number of amidine groups is 1. The fourth-order valence-electron chi connectivity index (χ4n) is 1.56. The number of hydrogen-bond donors (Lipinski definition) is 0. The van der Waals surface area contributed by atoms with Crippen LogP contribution in [0.2, 0.25) is 0 Å². The van der Waals surface area contributed by atoms with E-state index < -0.39 is 0 Å². The monoisotopic (exact) mass is 110 g/mol. The first kappa shape index (κ1) is 4.36. The lowest BCUT2D eigenvalue weighted by molar-refractivity contribution is 0.641. The van der Waals surface area contributed by atoms with Crippen LogP contribution in [-0.4, -0.2) is 30.4 Å². The third-order valence-electron chi connectivity index (χ3n) is 2.01. The van der Waals surface area contributed by atoms with Gasteiger partial charge in [0.25, 0.3) is 0 Å². The molecule has 8 heavy (non-hydrogen) atoms. The topological polar surface area (TPSA) is 15.4 Å². The molecular formula is C6H10N2. The van der Waals surface area contributed by atoms with Gasteiger partial charge in [-0.1, -0.05) is 0 Å². The van der Waals surface area contributed by atoms with Crippen molar-refractivity contribution in [2.75, 3.05) is 13.6 Å². The van der Waals surface area contributed by atoms with Crippen LogP contribution in [0, 0.1) is 0 Å². The van der Waals surface area contributed by atoms with Crippen LogP contribution in [0.5, 0.6) is 0 Å². The van der Waals surface area contributed by atoms with Crippen molar-refractivity contribution >= 4 is 5.84 Å². The van der Waals surface area contributed by atoms with Crippen molar-refractivity contribution in [2.24, 2.45) is 4.99 Å². The van der Waals surface area contributed by atoms with E-state index in [4.69, 9.17) is 0 Å². The van der Waals surface area contributed by atoms with E-state index >= 15 is 0 Å². The first-order valence-electron chi connectivity index (χ1n) is 3.17. The fourth-order valence-corrected chi connectivity index (χ4v) is 1.56. The molecule has 0 aromatic rings. The van der Waals surface area contributed by atoms with Gasteiger partial charge in [-0.05, 0) is 12.8 Å². The second kappa shape index (κ2) is 1.24. The van der Waals surface area contributed by atoms with E-state index in [0.29, 0.717) is 0 Å². The second-order valence-corrected chi connectivity index (χ2v) is 2.43. The number of aliphatic imine (C=N–C) groups is 1. The molecule has 2 rings (SSSR count). The summed E-state index contributed by atoms with van der Waals surface area (Å²) in [4.78, 5) is 6.50. The lowest BCUT2D eigenvalue weighted by Crippen LogP contribution is -1.95. The van der Waals surface area contributed by atoms with Gasteiger partial charge in [-0.3, -0.25) is 4.99 Å². The minimum absolute atomic E-state index is 0.778. The summed E-state index contributed by atoms with van der Waals surface area (Å²) in [7, 11) is 1.88. The second-order valence-electron chi connectivity index (χ2n) is 2.43. The average Bonchev–Trinajstić information content (AvgIpc) is 2.22. The van der Waals surface area contributed by atoms with Crippen molar-refractivity contribution in [2.45, 2.75) is 18.9 Å². The molecule has 2 aliphatic heterocycles. The highest BCUT2D eigenvalue weighted by Gasteiger charge is 2.45. The molecule has 2 heteroatoms. The van der Waals surface area contributed by atoms with E-state index in [0.717, 1.165) is 6.04 Å². The van der Waals surface area contributed by atoms with Gasteiger partial charge in [0.1, 0.15) is 5.84 Å². The van der Waals surface area contributed by atoms with Gasteiger partial charge in [0.2, 0.25) is 0 Å². The quantitative estimate of drug-likeness (QED) is 0.414. The van der Waals surface area contributed by atoms with Crippen LogP contribution in [0.15, 0.2) is 4.99 Å². The Hall–Kier alpha value is -0.530. The highest BCUT2D eigenvalue weighted by molar-refractivity contribution is 6.02. The van der Waals surface area contributed by atoms with Gasteiger partial charge >= 0.3 is 0 Å². The Balaban J connectivity index is 2.13. The van der Waals surface area contributed by atoms with Gasteiger partial charge < -0.3 is 4.90 Å². The third kappa shape index (κ3) is 0.358. The van der Waals surface area contributed by atoms with Crippen LogP contribution in [0.4, 0.5) is 0 Å². The SMILES string of the molecule is CN=C1C2CCCN12. The Bertz CT molecular complexity index is 127. The molecule has 0 spiro atoms. The van der Waals surface area contributed by atoms with Gasteiger partial charge in [-0.25, -0.2) is 0 Å². The maximum atomic E-state index is 4.13.